The first-order valence-corrected chi connectivity index (χ1v) is 5.32. The maximum atomic E-state index is 5.71. The van der Waals surface area contributed by atoms with Crippen molar-refractivity contribution in [2.24, 2.45) is 0 Å². The molecule has 0 N–H and O–H groups in total. The maximum Gasteiger partial charge on any atom is 0.267 e. The molecule has 0 aromatic heterocycles. The van der Waals surface area contributed by atoms with Crippen molar-refractivity contribution < 1.29 is 9.47 Å². The van der Waals surface area contributed by atoms with Crippen LogP contribution in [0.3, 0.4) is 0 Å². The molecular formula is C14H12O2. The Labute approximate surface area is 94.4 Å². The van der Waals surface area contributed by atoms with Crippen molar-refractivity contribution in [3.8, 4) is 11.5 Å². The Hall–Kier alpha value is -1.96. The molecule has 0 spiro atoms. The second-order valence-corrected chi connectivity index (χ2v) is 3.93. The van der Waals surface area contributed by atoms with Gasteiger partial charge in [-0.1, -0.05) is 42.0 Å². The first kappa shape index (κ1) is 9.28. The molecule has 3 rings (SSSR count). The van der Waals surface area contributed by atoms with Crippen LogP contribution in [-0.2, 0) is 0 Å². The molecule has 1 aliphatic heterocycles. The van der Waals surface area contributed by atoms with Crippen molar-refractivity contribution in [3.63, 3.8) is 0 Å². The molecule has 1 aliphatic rings. The summed E-state index contributed by atoms with van der Waals surface area (Å²) in [4.78, 5) is 0. The fourth-order valence-corrected chi connectivity index (χ4v) is 1.76. The fourth-order valence-electron chi connectivity index (χ4n) is 1.76. The van der Waals surface area contributed by atoms with E-state index in [1.54, 1.807) is 0 Å². The van der Waals surface area contributed by atoms with E-state index in [4.69, 9.17) is 9.47 Å². The second kappa shape index (κ2) is 3.56. The minimum absolute atomic E-state index is 0.307. The summed E-state index contributed by atoms with van der Waals surface area (Å²) >= 11 is 0. The minimum atomic E-state index is -0.307. The van der Waals surface area contributed by atoms with Gasteiger partial charge in [-0.25, -0.2) is 0 Å². The van der Waals surface area contributed by atoms with Gasteiger partial charge in [0.25, 0.3) is 6.29 Å². The molecular weight excluding hydrogens is 200 g/mol. The monoisotopic (exact) mass is 212 g/mol. The van der Waals surface area contributed by atoms with Gasteiger partial charge < -0.3 is 9.47 Å². The molecule has 0 fully saturated rings. The van der Waals surface area contributed by atoms with Gasteiger partial charge in [0.2, 0.25) is 0 Å². The van der Waals surface area contributed by atoms with Crippen LogP contribution < -0.4 is 9.47 Å². The van der Waals surface area contributed by atoms with Gasteiger partial charge >= 0.3 is 0 Å². The zero-order chi connectivity index (χ0) is 11.0. The highest BCUT2D eigenvalue weighted by Crippen LogP contribution is 2.39. The van der Waals surface area contributed by atoms with Gasteiger partial charge in [-0.2, -0.15) is 0 Å². The summed E-state index contributed by atoms with van der Waals surface area (Å²) < 4.78 is 11.4. The smallest absolute Gasteiger partial charge is 0.267 e. The van der Waals surface area contributed by atoms with Crippen LogP contribution in [-0.4, -0.2) is 0 Å². The molecule has 1 heterocycles. The number of ether oxygens (including phenoxy) is 2. The Balaban J connectivity index is 1.88. The molecule has 80 valence electrons. The highest BCUT2D eigenvalue weighted by Gasteiger charge is 2.24. The predicted octanol–water partition coefficient (Wildman–Crippen LogP) is 3.47. The summed E-state index contributed by atoms with van der Waals surface area (Å²) in [6, 6.07) is 15.9. The Morgan fingerprint density at radius 3 is 1.94 bits per heavy atom. The number of para-hydroxylation sites is 2. The normalized spacial score (nSPS) is 14.1. The molecule has 2 heteroatoms. The molecule has 2 aromatic carbocycles. The average Bonchev–Trinajstić information content (AvgIpc) is 2.73. The van der Waals surface area contributed by atoms with Crippen LogP contribution in [0.5, 0.6) is 11.5 Å². The minimum Gasteiger partial charge on any atom is -0.447 e. The quantitative estimate of drug-likeness (QED) is 0.720. The molecule has 2 nitrogen and oxygen atoms in total. The third-order valence-electron chi connectivity index (χ3n) is 2.67. The number of benzene rings is 2. The van der Waals surface area contributed by atoms with E-state index in [0.717, 1.165) is 17.1 Å². The van der Waals surface area contributed by atoms with E-state index in [0.29, 0.717) is 0 Å². The Morgan fingerprint density at radius 1 is 0.812 bits per heavy atom. The molecule has 0 saturated heterocycles. The van der Waals surface area contributed by atoms with Crippen LogP contribution in [0, 0.1) is 6.92 Å². The lowest BCUT2D eigenvalue weighted by Crippen LogP contribution is -2.07. The molecule has 0 unspecified atom stereocenters. The molecule has 0 saturated carbocycles. The Bertz CT molecular complexity index is 477. The molecule has 0 amide bonds. The van der Waals surface area contributed by atoms with Crippen molar-refractivity contribution in [2.45, 2.75) is 13.2 Å². The molecule has 0 bridgehead atoms. The summed E-state index contributed by atoms with van der Waals surface area (Å²) in [5, 5.41) is 0. The number of rotatable bonds is 1. The van der Waals surface area contributed by atoms with E-state index in [1.165, 1.54) is 5.56 Å². The molecule has 0 radical (unpaired) electrons. The van der Waals surface area contributed by atoms with Crippen molar-refractivity contribution in [1.82, 2.24) is 0 Å². The zero-order valence-electron chi connectivity index (χ0n) is 9.01. The van der Waals surface area contributed by atoms with Crippen LogP contribution in [0.2, 0.25) is 0 Å². The first-order valence-electron chi connectivity index (χ1n) is 5.32. The molecule has 0 atom stereocenters. The van der Waals surface area contributed by atoms with Crippen LogP contribution in [0.1, 0.15) is 17.4 Å². The summed E-state index contributed by atoms with van der Waals surface area (Å²) in [6.07, 6.45) is -0.307. The number of hydrogen-bond acceptors (Lipinski definition) is 2. The van der Waals surface area contributed by atoms with Crippen LogP contribution >= 0.6 is 0 Å². The number of hydrogen-bond donors (Lipinski definition) is 0. The van der Waals surface area contributed by atoms with E-state index >= 15 is 0 Å². The van der Waals surface area contributed by atoms with Crippen molar-refractivity contribution in [2.75, 3.05) is 0 Å². The average molecular weight is 212 g/mol. The topological polar surface area (TPSA) is 18.5 Å². The lowest BCUT2D eigenvalue weighted by molar-refractivity contribution is 0.0487. The highest BCUT2D eigenvalue weighted by atomic mass is 16.7. The number of aryl methyl sites for hydroxylation is 1. The summed E-state index contributed by atoms with van der Waals surface area (Å²) in [5.74, 6) is 1.63. The summed E-state index contributed by atoms with van der Waals surface area (Å²) in [6.45, 7) is 2.06. The highest BCUT2D eigenvalue weighted by molar-refractivity contribution is 5.43. The van der Waals surface area contributed by atoms with Crippen molar-refractivity contribution >= 4 is 0 Å². The van der Waals surface area contributed by atoms with Crippen molar-refractivity contribution in [3.05, 3.63) is 59.7 Å². The zero-order valence-corrected chi connectivity index (χ0v) is 9.01. The molecule has 2 aromatic rings. The fraction of sp³-hybridized carbons (Fsp3) is 0.143. The van der Waals surface area contributed by atoms with E-state index in [1.807, 2.05) is 36.4 Å². The third kappa shape index (κ3) is 1.52. The van der Waals surface area contributed by atoms with Gasteiger partial charge in [0.05, 0.1) is 0 Å². The van der Waals surface area contributed by atoms with Gasteiger partial charge in [0.1, 0.15) is 0 Å². The van der Waals surface area contributed by atoms with Crippen LogP contribution in [0.15, 0.2) is 48.5 Å². The van der Waals surface area contributed by atoms with Gasteiger partial charge in [-0.05, 0) is 19.1 Å². The Morgan fingerprint density at radius 2 is 1.38 bits per heavy atom. The maximum absolute atomic E-state index is 5.71. The number of fused-ring (bicyclic) bond motifs is 1. The van der Waals surface area contributed by atoms with Crippen molar-refractivity contribution in [1.29, 1.82) is 0 Å². The summed E-state index contributed by atoms with van der Waals surface area (Å²) in [7, 11) is 0. The van der Waals surface area contributed by atoms with E-state index in [-0.39, 0.29) is 6.29 Å². The van der Waals surface area contributed by atoms with E-state index < -0.39 is 0 Å². The van der Waals surface area contributed by atoms with Gasteiger partial charge in [-0.3, -0.25) is 0 Å². The Kier molecular flexibility index (Phi) is 2.07. The third-order valence-corrected chi connectivity index (χ3v) is 2.67. The van der Waals surface area contributed by atoms with E-state index in [2.05, 4.69) is 19.1 Å². The van der Waals surface area contributed by atoms with Crippen LogP contribution in [0.25, 0.3) is 0 Å². The van der Waals surface area contributed by atoms with Gasteiger partial charge in [0.15, 0.2) is 11.5 Å². The van der Waals surface area contributed by atoms with Crippen LogP contribution in [0.4, 0.5) is 0 Å². The lowest BCUT2D eigenvalue weighted by atomic mass is 10.1. The van der Waals surface area contributed by atoms with E-state index in [9.17, 15) is 0 Å². The SMILES string of the molecule is Cc1ccc(C2Oc3ccccc3O2)cc1. The predicted molar refractivity (Wildman–Crippen MR) is 61.6 cm³/mol. The van der Waals surface area contributed by atoms with Gasteiger partial charge in [0, 0.05) is 5.56 Å². The largest absolute Gasteiger partial charge is 0.447 e. The molecule has 0 aliphatic carbocycles. The lowest BCUT2D eigenvalue weighted by Gasteiger charge is -2.10. The molecule has 16 heavy (non-hydrogen) atoms. The van der Waals surface area contributed by atoms with Gasteiger partial charge in [-0.15, -0.1) is 0 Å². The second-order valence-electron chi connectivity index (χ2n) is 3.93. The summed E-state index contributed by atoms with van der Waals surface area (Å²) in [5.41, 5.74) is 2.28. The standard InChI is InChI=1S/C14H12O2/c1-10-6-8-11(9-7-10)14-15-12-4-2-3-5-13(12)16-14/h2-9,14H,1H3. The first-order chi connectivity index (χ1) is 7.83.